The van der Waals surface area contributed by atoms with E-state index in [9.17, 15) is 0 Å². The first kappa shape index (κ1) is 14.1. The van der Waals surface area contributed by atoms with Crippen LogP contribution in [0.5, 0.6) is 0 Å². The van der Waals surface area contributed by atoms with Crippen LogP contribution in [0.1, 0.15) is 26.3 Å². The number of nitrogens with zero attached hydrogens (tertiary/aromatic N) is 1. The van der Waals surface area contributed by atoms with Crippen molar-refractivity contribution in [3.63, 3.8) is 0 Å². The average molecular weight is 299 g/mol. The lowest BCUT2D eigenvalue weighted by Crippen LogP contribution is -2.15. The van der Waals surface area contributed by atoms with Crippen molar-refractivity contribution >= 4 is 21.8 Å². The van der Waals surface area contributed by atoms with Gasteiger partial charge in [0.2, 0.25) is 0 Å². The Morgan fingerprint density at radius 1 is 0.609 bits per heavy atom. The maximum atomic E-state index is 2.41. The number of hydrogen-bond donors (Lipinski definition) is 0. The normalized spacial score (nSPS) is 12.1. The number of para-hydroxylation sites is 3. The predicted octanol–water partition coefficient (Wildman–Crippen LogP) is 6.08. The van der Waals surface area contributed by atoms with Crippen molar-refractivity contribution in [2.24, 2.45) is 0 Å². The molecule has 0 atom stereocenters. The zero-order valence-corrected chi connectivity index (χ0v) is 13.9. The molecule has 0 fully saturated rings. The molecule has 0 aliphatic carbocycles. The first-order chi connectivity index (χ1) is 11.1. The average Bonchev–Trinajstić information content (AvgIpc) is 2.88. The summed E-state index contributed by atoms with van der Waals surface area (Å²) in [6.45, 7) is 6.83. The van der Waals surface area contributed by atoms with Gasteiger partial charge in [-0.1, -0.05) is 75.4 Å². The van der Waals surface area contributed by atoms with E-state index in [2.05, 4.69) is 98.1 Å². The molecular weight excluding hydrogens is 278 g/mol. The summed E-state index contributed by atoms with van der Waals surface area (Å²) in [5.74, 6) is 0. The van der Waals surface area contributed by atoms with E-state index in [1.807, 2.05) is 0 Å². The van der Waals surface area contributed by atoms with Crippen LogP contribution in [0.2, 0.25) is 0 Å². The summed E-state index contributed by atoms with van der Waals surface area (Å²) in [5.41, 5.74) is 5.28. The van der Waals surface area contributed by atoms with Gasteiger partial charge in [-0.2, -0.15) is 0 Å². The second-order valence-electron chi connectivity index (χ2n) is 7.14. The Balaban J connectivity index is 2.18. The van der Waals surface area contributed by atoms with E-state index in [0.717, 1.165) is 0 Å². The summed E-state index contributed by atoms with van der Waals surface area (Å²) in [5, 5.41) is 2.62. The summed E-state index contributed by atoms with van der Waals surface area (Å²) in [4.78, 5) is 0. The molecule has 3 aromatic carbocycles. The molecule has 114 valence electrons. The minimum absolute atomic E-state index is 0.100. The molecule has 4 rings (SSSR count). The van der Waals surface area contributed by atoms with E-state index in [-0.39, 0.29) is 5.41 Å². The zero-order valence-electron chi connectivity index (χ0n) is 13.9. The molecule has 1 heteroatoms. The maximum absolute atomic E-state index is 2.41. The van der Waals surface area contributed by atoms with Gasteiger partial charge in [0.15, 0.2) is 0 Å². The Bertz CT molecular complexity index is 946. The van der Waals surface area contributed by atoms with E-state index in [0.29, 0.717) is 0 Å². The van der Waals surface area contributed by atoms with Crippen molar-refractivity contribution in [2.45, 2.75) is 26.2 Å². The fraction of sp³-hybridized carbons (Fsp3) is 0.182. The van der Waals surface area contributed by atoms with E-state index < -0.39 is 0 Å². The van der Waals surface area contributed by atoms with Crippen LogP contribution in [0.4, 0.5) is 0 Å². The van der Waals surface area contributed by atoms with Crippen molar-refractivity contribution in [3.05, 3.63) is 78.4 Å². The monoisotopic (exact) mass is 299 g/mol. The van der Waals surface area contributed by atoms with E-state index in [1.54, 1.807) is 0 Å². The third-order valence-electron chi connectivity index (χ3n) is 4.53. The number of aromatic nitrogens is 1. The van der Waals surface area contributed by atoms with Gasteiger partial charge in [0.05, 0.1) is 11.0 Å². The van der Waals surface area contributed by atoms with E-state index in [4.69, 9.17) is 0 Å². The molecule has 0 saturated carbocycles. The van der Waals surface area contributed by atoms with Crippen LogP contribution >= 0.6 is 0 Å². The van der Waals surface area contributed by atoms with Gasteiger partial charge in [0.25, 0.3) is 0 Å². The second-order valence-corrected chi connectivity index (χ2v) is 7.14. The largest absolute Gasteiger partial charge is 0.309 e. The van der Waals surface area contributed by atoms with Gasteiger partial charge in [-0.25, -0.2) is 0 Å². The number of benzene rings is 3. The molecule has 23 heavy (non-hydrogen) atoms. The molecule has 0 unspecified atom stereocenters. The highest BCUT2D eigenvalue weighted by molar-refractivity contribution is 6.09. The van der Waals surface area contributed by atoms with Gasteiger partial charge in [0, 0.05) is 16.5 Å². The van der Waals surface area contributed by atoms with Crippen molar-refractivity contribution in [2.75, 3.05) is 0 Å². The highest BCUT2D eigenvalue weighted by Crippen LogP contribution is 2.35. The molecule has 1 aromatic heterocycles. The lowest BCUT2D eigenvalue weighted by Gasteiger charge is -2.24. The SMILES string of the molecule is CC(C)(C)c1ccccc1-n1c2ccccc2c2ccccc21. The van der Waals surface area contributed by atoms with E-state index in [1.165, 1.54) is 33.1 Å². The Labute approximate surface area is 137 Å². The van der Waals surface area contributed by atoms with Crippen LogP contribution in [-0.4, -0.2) is 4.57 Å². The van der Waals surface area contributed by atoms with Gasteiger partial charge in [-0.3, -0.25) is 0 Å². The summed E-state index contributed by atoms with van der Waals surface area (Å²) in [6.07, 6.45) is 0. The molecule has 0 aliphatic heterocycles. The van der Waals surface area contributed by atoms with Crippen LogP contribution in [-0.2, 0) is 5.41 Å². The third kappa shape index (κ3) is 2.16. The fourth-order valence-electron chi connectivity index (χ4n) is 3.48. The summed E-state index contributed by atoms with van der Waals surface area (Å²) in [7, 11) is 0. The summed E-state index contributed by atoms with van der Waals surface area (Å²) in [6, 6.07) is 26.1. The molecule has 4 aromatic rings. The Kier molecular flexibility index (Phi) is 3.05. The van der Waals surface area contributed by atoms with Crippen LogP contribution in [0, 0.1) is 0 Å². The first-order valence-electron chi connectivity index (χ1n) is 8.15. The molecular formula is C22H21N. The maximum Gasteiger partial charge on any atom is 0.0541 e. The summed E-state index contributed by atoms with van der Waals surface area (Å²) >= 11 is 0. The van der Waals surface area contributed by atoms with Crippen molar-refractivity contribution in [1.82, 2.24) is 4.57 Å². The molecule has 0 aliphatic rings. The Morgan fingerprint density at radius 3 is 1.65 bits per heavy atom. The van der Waals surface area contributed by atoms with Crippen molar-refractivity contribution in [1.29, 1.82) is 0 Å². The molecule has 0 bridgehead atoms. The smallest absolute Gasteiger partial charge is 0.0541 e. The van der Waals surface area contributed by atoms with E-state index >= 15 is 0 Å². The third-order valence-corrected chi connectivity index (χ3v) is 4.53. The van der Waals surface area contributed by atoms with Crippen LogP contribution in [0.15, 0.2) is 72.8 Å². The first-order valence-corrected chi connectivity index (χ1v) is 8.15. The van der Waals surface area contributed by atoms with Gasteiger partial charge in [0.1, 0.15) is 0 Å². The molecule has 1 nitrogen and oxygen atoms in total. The molecule has 1 heterocycles. The number of rotatable bonds is 1. The predicted molar refractivity (Wildman–Crippen MR) is 99.5 cm³/mol. The molecule has 0 saturated heterocycles. The second kappa shape index (κ2) is 4.99. The Morgan fingerprint density at radius 2 is 1.09 bits per heavy atom. The molecule has 0 amide bonds. The van der Waals surface area contributed by atoms with Crippen LogP contribution in [0.3, 0.4) is 0 Å². The van der Waals surface area contributed by atoms with Gasteiger partial charge in [-0.05, 0) is 29.2 Å². The quantitative estimate of drug-likeness (QED) is 0.401. The molecule has 0 N–H and O–H groups in total. The standard InChI is InChI=1S/C22H21N/c1-22(2,3)18-12-6-9-15-21(18)23-19-13-7-4-10-16(19)17-11-5-8-14-20(17)23/h4-15H,1-3H3. The minimum atomic E-state index is 0.100. The zero-order chi connectivity index (χ0) is 16.0. The van der Waals surface area contributed by atoms with Crippen LogP contribution in [0.25, 0.3) is 27.5 Å². The lowest BCUT2D eigenvalue weighted by atomic mass is 9.85. The molecule has 0 radical (unpaired) electrons. The van der Waals surface area contributed by atoms with Crippen molar-refractivity contribution in [3.8, 4) is 5.69 Å². The van der Waals surface area contributed by atoms with Crippen LogP contribution < -0.4 is 0 Å². The van der Waals surface area contributed by atoms with Gasteiger partial charge < -0.3 is 4.57 Å². The topological polar surface area (TPSA) is 4.93 Å². The minimum Gasteiger partial charge on any atom is -0.309 e. The lowest BCUT2D eigenvalue weighted by molar-refractivity contribution is 0.587. The Hall–Kier alpha value is -2.54. The highest BCUT2D eigenvalue weighted by Gasteiger charge is 2.20. The number of fused-ring (bicyclic) bond motifs is 3. The van der Waals surface area contributed by atoms with Gasteiger partial charge in [-0.15, -0.1) is 0 Å². The molecule has 0 spiro atoms. The highest BCUT2D eigenvalue weighted by atomic mass is 15.0. The fourth-order valence-corrected chi connectivity index (χ4v) is 3.48. The van der Waals surface area contributed by atoms with Crippen molar-refractivity contribution < 1.29 is 0 Å². The van der Waals surface area contributed by atoms with Gasteiger partial charge >= 0.3 is 0 Å². The summed E-state index contributed by atoms with van der Waals surface area (Å²) < 4.78 is 2.41. The number of hydrogen-bond acceptors (Lipinski definition) is 0.